The van der Waals surface area contributed by atoms with Crippen molar-refractivity contribution in [1.29, 1.82) is 0 Å². The van der Waals surface area contributed by atoms with Gasteiger partial charge in [0.1, 0.15) is 0 Å². The molecule has 3 nitrogen and oxygen atoms in total. The Hall–Kier alpha value is -1.32. The van der Waals surface area contributed by atoms with Gasteiger partial charge in [0.15, 0.2) is 0 Å². The summed E-state index contributed by atoms with van der Waals surface area (Å²) in [5.74, 6) is 0. The summed E-state index contributed by atoms with van der Waals surface area (Å²) in [6.45, 7) is 11.4. The van der Waals surface area contributed by atoms with Crippen LogP contribution in [0.2, 0.25) is 5.02 Å². The fourth-order valence-electron chi connectivity index (χ4n) is 2.28. The molecule has 0 bridgehead atoms. The molecule has 0 aliphatic rings. The molecule has 0 spiro atoms. The van der Waals surface area contributed by atoms with Gasteiger partial charge in [0.2, 0.25) is 0 Å². The Labute approximate surface area is 132 Å². The topological polar surface area (TPSA) is 29.9 Å². The molecule has 1 N–H and O–H groups in total. The first kappa shape index (κ1) is 16.1. The van der Waals surface area contributed by atoms with Crippen molar-refractivity contribution in [3.63, 3.8) is 0 Å². The fraction of sp³-hybridized carbons (Fsp3) is 0.471. The van der Waals surface area contributed by atoms with Crippen molar-refractivity contribution in [3.8, 4) is 11.1 Å². The molecule has 1 heterocycles. The second-order valence-corrected chi connectivity index (χ2v) is 6.48. The predicted molar refractivity (Wildman–Crippen MR) is 89.8 cm³/mol. The molecule has 2 rings (SSSR count). The van der Waals surface area contributed by atoms with Crippen molar-refractivity contribution in [1.82, 2.24) is 15.1 Å². The molecule has 0 amide bonds. The Kier molecular flexibility index (Phi) is 5.07. The van der Waals surface area contributed by atoms with Gasteiger partial charge in [-0.15, -0.1) is 0 Å². The zero-order valence-corrected chi connectivity index (χ0v) is 14.2. The Morgan fingerprint density at radius 3 is 2.48 bits per heavy atom. The third-order valence-corrected chi connectivity index (χ3v) is 3.74. The van der Waals surface area contributed by atoms with E-state index in [0.29, 0.717) is 12.1 Å². The highest BCUT2D eigenvalue weighted by atomic mass is 35.5. The highest BCUT2D eigenvalue weighted by Crippen LogP contribution is 2.30. The van der Waals surface area contributed by atoms with Crippen LogP contribution in [0.4, 0.5) is 0 Å². The molecule has 1 aromatic carbocycles. The number of halogens is 1. The highest BCUT2D eigenvalue weighted by molar-refractivity contribution is 6.30. The van der Waals surface area contributed by atoms with Gasteiger partial charge < -0.3 is 5.32 Å². The molecule has 4 heteroatoms. The molecule has 0 aliphatic heterocycles. The first-order chi connectivity index (χ1) is 9.88. The lowest BCUT2D eigenvalue weighted by Crippen LogP contribution is -2.22. The number of aromatic nitrogens is 2. The van der Waals surface area contributed by atoms with Crippen LogP contribution in [0, 0.1) is 6.92 Å². The van der Waals surface area contributed by atoms with E-state index >= 15 is 0 Å². The molecule has 0 saturated carbocycles. The van der Waals surface area contributed by atoms with Gasteiger partial charge in [-0.3, -0.25) is 4.68 Å². The molecular formula is C17H24ClN3. The van der Waals surface area contributed by atoms with Crippen molar-refractivity contribution >= 4 is 11.6 Å². The molecule has 21 heavy (non-hydrogen) atoms. The fourth-order valence-corrected chi connectivity index (χ4v) is 2.45. The Morgan fingerprint density at radius 1 is 1.19 bits per heavy atom. The second kappa shape index (κ2) is 6.63. The van der Waals surface area contributed by atoms with Gasteiger partial charge >= 0.3 is 0 Å². The van der Waals surface area contributed by atoms with Crippen molar-refractivity contribution in [3.05, 3.63) is 40.7 Å². The summed E-state index contributed by atoms with van der Waals surface area (Å²) in [6.07, 6.45) is 2.12. The lowest BCUT2D eigenvalue weighted by molar-refractivity contribution is 0.529. The van der Waals surface area contributed by atoms with Crippen molar-refractivity contribution in [2.45, 2.75) is 53.2 Å². The summed E-state index contributed by atoms with van der Waals surface area (Å²) in [6, 6.07) is 6.89. The van der Waals surface area contributed by atoms with Gasteiger partial charge in [-0.05, 0) is 44.0 Å². The SMILES string of the molecule is Cc1nn(C(C)C)cc1-c1cc(Cl)ccc1CNC(C)C. The standard InChI is InChI=1S/C17H24ClN3/c1-11(2)19-9-14-6-7-15(18)8-16(14)17-10-21(12(3)4)20-13(17)5/h6-8,10-12,19H,9H2,1-5H3. The van der Waals surface area contributed by atoms with Gasteiger partial charge in [-0.2, -0.15) is 5.10 Å². The van der Waals surface area contributed by atoms with E-state index in [-0.39, 0.29) is 0 Å². The van der Waals surface area contributed by atoms with Crippen LogP contribution in [0.5, 0.6) is 0 Å². The van der Waals surface area contributed by atoms with Crippen molar-refractivity contribution in [2.75, 3.05) is 0 Å². The van der Waals surface area contributed by atoms with E-state index in [0.717, 1.165) is 22.8 Å². The smallest absolute Gasteiger partial charge is 0.0672 e. The van der Waals surface area contributed by atoms with Crippen molar-refractivity contribution < 1.29 is 0 Å². The lowest BCUT2D eigenvalue weighted by atomic mass is 10.00. The summed E-state index contributed by atoms with van der Waals surface area (Å²) in [5.41, 5.74) is 4.61. The van der Waals surface area contributed by atoms with Crippen LogP contribution < -0.4 is 5.32 Å². The molecule has 1 aromatic heterocycles. The first-order valence-corrected chi connectivity index (χ1v) is 7.84. The second-order valence-electron chi connectivity index (χ2n) is 6.04. The zero-order valence-electron chi connectivity index (χ0n) is 13.4. The van der Waals surface area contributed by atoms with E-state index < -0.39 is 0 Å². The molecule has 0 unspecified atom stereocenters. The van der Waals surface area contributed by atoms with Crippen LogP contribution in [-0.2, 0) is 6.54 Å². The van der Waals surface area contributed by atoms with E-state index in [1.807, 2.05) is 16.8 Å². The molecule has 0 radical (unpaired) electrons. The molecule has 0 aliphatic carbocycles. The number of nitrogens with one attached hydrogen (secondary N) is 1. The van der Waals surface area contributed by atoms with Crippen LogP contribution in [0.25, 0.3) is 11.1 Å². The van der Waals surface area contributed by atoms with Gasteiger partial charge in [-0.1, -0.05) is 31.5 Å². The van der Waals surface area contributed by atoms with Gasteiger partial charge in [-0.25, -0.2) is 0 Å². The minimum atomic E-state index is 0.355. The van der Waals surface area contributed by atoms with E-state index in [4.69, 9.17) is 11.6 Å². The largest absolute Gasteiger partial charge is 0.310 e. The Morgan fingerprint density at radius 2 is 1.90 bits per heavy atom. The number of hydrogen-bond donors (Lipinski definition) is 1. The van der Waals surface area contributed by atoms with Crippen LogP contribution in [0.3, 0.4) is 0 Å². The van der Waals surface area contributed by atoms with Crippen LogP contribution in [-0.4, -0.2) is 15.8 Å². The Bertz CT molecular complexity index is 614. The zero-order chi connectivity index (χ0) is 15.6. The minimum absolute atomic E-state index is 0.355. The summed E-state index contributed by atoms with van der Waals surface area (Å²) in [4.78, 5) is 0. The van der Waals surface area contributed by atoms with Crippen LogP contribution >= 0.6 is 11.6 Å². The summed E-state index contributed by atoms with van der Waals surface area (Å²) < 4.78 is 2.01. The summed E-state index contributed by atoms with van der Waals surface area (Å²) in [5, 5.41) is 8.84. The molecule has 0 atom stereocenters. The maximum absolute atomic E-state index is 6.20. The van der Waals surface area contributed by atoms with E-state index in [2.05, 4.69) is 57.3 Å². The number of rotatable bonds is 5. The van der Waals surface area contributed by atoms with Gasteiger partial charge in [0.25, 0.3) is 0 Å². The maximum Gasteiger partial charge on any atom is 0.0672 e. The quantitative estimate of drug-likeness (QED) is 0.875. The van der Waals surface area contributed by atoms with Crippen molar-refractivity contribution in [2.24, 2.45) is 0 Å². The predicted octanol–water partition coefficient (Wildman–Crippen LogP) is 4.59. The number of aryl methyl sites for hydroxylation is 1. The number of hydrogen-bond acceptors (Lipinski definition) is 2. The molecule has 114 valence electrons. The molecule has 2 aromatic rings. The Balaban J connectivity index is 2.44. The van der Waals surface area contributed by atoms with E-state index in [1.54, 1.807) is 0 Å². The monoisotopic (exact) mass is 305 g/mol. The maximum atomic E-state index is 6.20. The van der Waals surface area contributed by atoms with Crippen LogP contribution in [0.1, 0.15) is 45.0 Å². The van der Waals surface area contributed by atoms with Gasteiger partial charge in [0.05, 0.1) is 5.69 Å². The minimum Gasteiger partial charge on any atom is -0.310 e. The first-order valence-electron chi connectivity index (χ1n) is 7.46. The lowest BCUT2D eigenvalue weighted by Gasteiger charge is -2.13. The molecular weight excluding hydrogens is 282 g/mol. The number of nitrogens with zero attached hydrogens (tertiary/aromatic N) is 2. The van der Waals surface area contributed by atoms with E-state index in [9.17, 15) is 0 Å². The summed E-state index contributed by atoms with van der Waals surface area (Å²) in [7, 11) is 0. The molecule has 0 saturated heterocycles. The average molecular weight is 306 g/mol. The third-order valence-electron chi connectivity index (χ3n) is 3.51. The van der Waals surface area contributed by atoms with Crippen LogP contribution in [0.15, 0.2) is 24.4 Å². The number of benzene rings is 1. The van der Waals surface area contributed by atoms with E-state index in [1.165, 1.54) is 11.1 Å². The summed E-state index contributed by atoms with van der Waals surface area (Å²) >= 11 is 6.20. The van der Waals surface area contributed by atoms with Gasteiger partial charge in [0, 0.05) is 35.4 Å². The third kappa shape index (κ3) is 3.86. The molecule has 0 fully saturated rings. The average Bonchev–Trinajstić information content (AvgIpc) is 2.79. The normalized spacial score (nSPS) is 11.6. The highest BCUT2D eigenvalue weighted by Gasteiger charge is 2.13.